The van der Waals surface area contributed by atoms with Crippen molar-refractivity contribution in [2.24, 2.45) is 0 Å². The normalized spacial score (nSPS) is 22.2. The number of rotatable bonds is 6. The molecule has 0 aliphatic carbocycles. The number of anilines is 1. The molecule has 1 aromatic heterocycles. The highest BCUT2D eigenvalue weighted by Gasteiger charge is 2.33. The average molecular weight is 294 g/mol. The lowest BCUT2D eigenvalue weighted by Crippen LogP contribution is -2.53. The van der Waals surface area contributed by atoms with Gasteiger partial charge >= 0.3 is 0 Å². The van der Waals surface area contributed by atoms with E-state index in [1.807, 2.05) is 20.0 Å². The molecule has 1 atom stereocenters. The van der Waals surface area contributed by atoms with Crippen molar-refractivity contribution in [2.75, 3.05) is 31.6 Å². The molecule has 0 aromatic carbocycles. The molecule has 6 nitrogen and oxygen atoms in total. The molecule has 0 spiro atoms. The van der Waals surface area contributed by atoms with Crippen LogP contribution in [0.5, 0.6) is 0 Å². The lowest BCUT2D eigenvalue weighted by atomic mass is 10.1. The standard InChI is InChI=1S/C15H26N4O2/c1-4-5-16-14-7-17-12(6-18-14)8-19-9-13(10-20)21-15(2,3)11-19/h6-7,13,20H,4-5,8-11H2,1-3H3,(H,16,18). The average Bonchev–Trinajstić information content (AvgIpc) is 2.45. The Morgan fingerprint density at radius 2 is 2.24 bits per heavy atom. The van der Waals surface area contributed by atoms with Crippen LogP contribution in [0, 0.1) is 0 Å². The zero-order valence-electron chi connectivity index (χ0n) is 13.2. The van der Waals surface area contributed by atoms with Gasteiger partial charge in [0.05, 0.1) is 36.4 Å². The third kappa shape index (κ3) is 4.91. The van der Waals surface area contributed by atoms with Gasteiger partial charge in [0.2, 0.25) is 0 Å². The van der Waals surface area contributed by atoms with Gasteiger partial charge in [-0.05, 0) is 20.3 Å². The molecule has 1 unspecified atom stereocenters. The van der Waals surface area contributed by atoms with E-state index in [-0.39, 0.29) is 18.3 Å². The Labute approximate surface area is 126 Å². The summed E-state index contributed by atoms with van der Waals surface area (Å²) in [6.45, 7) is 9.43. The lowest BCUT2D eigenvalue weighted by molar-refractivity contribution is -0.150. The summed E-state index contributed by atoms with van der Waals surface area (Å²) in [7, 11) is 0. The molecule has 2 rings (SSSR count). The molecular formula is C15H26N4O2. The molecule has 2 N–H and O–H groups in total. The van der Waals surface area contributed by atoms with Crippen molar-refractivity contribution in [1.82, 2.24) is 14.9 Å². The summed E-state index contributed by atoms with van der Waals surface area (Å²) in [6, 6.07) is 0. The summed E-state index contributed by atoms with van der Waals surface area (Å²) in [6.07, 6.45) is 4.52. The highest BCUT2D eigenvalue weighted by Crippen LogP contribution is 2.22. The molecule has 0 radical (unpaired) electrons. The van der Waals surface area contributed by atoms with Crippen molar-refractivity contribution in [2.45, 2.75) is 45.4 Å². The minimum atomic E-state index is -0.248. The largest absolute Gasteiger partial charge is 0.394 e. The van der Waals surface area contributed by atoms with Crippen molar-refractivity contribution in [3.63, 3.8) is 0 Å². The van der Waals surface area contributed by atoms with E-state index in [0.29, 0.717) is 0 Å². The molecule has 0 saturated carbocycles. The van der Waals surface area contributed by atoms with Gasteiger partial charge in [0.1, 0.15) is 5.82 Å². The van der Waals surface area contributed by atoms with Crippen LogP contribution >= 0.6 is 0 Å². The summed E-state index contributed by atoms with van der Waals surface area (Å²) in [4.78, 5) is 11.1. The van der Waals surface area contributed by atoms with Gasteiger partial charge < -0.3 is 15.2 Å². The summed E-state index contributed by atoms with van der Waals surface area (Å²) >= 11 is 0. The van der Waals surface area contributed by atoms with Crippen LogP contribution in [0.1, 0.15) is 32.9 Å². The predicted molar refractivity (Wildman–Crippen MR) is 82.1 cm³/mol. The van der Waals surface area contributed by atoms with Gasteiger partial charge in [0.15, 0.2) is 0 Å². The van der Waals surface area contributed by atoms with Crippen molar-refractivity contribution in [3.05, 3.63) is 18.1 Å². The number of hydrogen-bond acceptors (Lipinski definition) is 6. The summed E-state index contributed by atoms with van der Waals surface area (Å²) in [5.41, 5.74) is 0.688. The first-order chi connectivity index (χ1) is 10.0. The molecule has 2 heterocycles. The highest BCUT2D eigenvalue weighted by molar-refractivity contribution is 5.30. The quantitative estimate of drug-likeness (QED) is 0.823. The fourth-order valence-electron chi connectivity index (χ4n) is 2.64. The van der Waals surface area contributed by atoms with Gasteiger partial charge in [-0.3, -0.25) is 9.88 Å². The highest BCUT2D eigenvalue weighted by atomic mass is 16.5. The summed E-state index contributed by atoms with van der Waals surface area (Å²) in [5, 5.41) is 12.6. The predicted octanol–water partition coefficient (Wildman–Crippen LogP) is 1.27. The Morgan fingerprint density at radius 3 is 2.86 bits per heavy atom. The van der Waals surface area contributed by atoms with Crippen LogP contribution < -0.4 is 5.32 Å². The van der Waals surface area contributed by atoms with Crippen LogP contribution in [0.15, 0.2) is 12.4 Å². The maximum atomic E-state index is 9.34. The van der Waals surface area contributed by atoms with E-state index in [4.69, 9.17) is 4.74 Å². The van der Waals surface area contributed by atoms with Gasteiger partial charge in [0, 0.05) is 26.2 Å². The van der Waals surface area contributed by atoms with Crippen molar-refractivity contribution < 1.29 is 9.84 Å². The molecule has 1 aromatic rings. The van der Waals surface area contributed by atoms with Gasteiger partial charge in [-0.2, -0.15) is 0 Å². The van der Waals surface area contributed by atoms with Crippen LogP contribution in [0.25, 0.3) is 0 Å². The van der Waals surface area contributed by atoms with Crippen LogP contribution in [0.3, 0.4) is 0 Å². The SMILES string of the molecule is CCCNc1cnc(CN2CC(CO)OC(C)(C)C2)cn1. The Hall–Kier alpha value is -1.24. The molecule has 21 heavy (non-hydrogen) atoms. The monoisotopic (exact) mass is 294 g/mol. The first kappa shape index (κ1) is 16.1. The fraction of sp³-hybridized carbons (Fsp3) is 0.733. The second kappa shape index (κ2) is 7.15. The third-order valence-electron chi connectivity index (χ3n) is 3.40. The molecule has 0 amide bonds. The lowest BCUT2D eigenvalue weighted by Gasteiger charge is -2.42. The Morgan fingerprint density at radius 1 is 1.43 bits per heavy atom. The number of hydrogen-bond donors (Lipinski definition) is 2. The van der Waals surface area contributed by atoms with E-state index in [9.17, 15) is 5.11 Å². The fourth-order valence-corrected chi connectivity index (χ4v) is 2.64. The van der Waals surface area contributed by atoms with Gasteiger partial charge in [0.25, 0.3) is 0 Å². The number of morpholine rings is 1. The minimum Gasteiger partial charge on any atom is -0.394 e. The van der Waals surface area contributed by atoms with Gasteiger partial charge in [-0.1, -0.05) is 6.92 Å². The van der Waals surface area contributed by atoms with E-state index >= 15 is 0 Å². The molecule has 1 fully saturated rings. The van der Waals surface area contributed by atoms with E-state index in [0.717, 1.165) is 44.1 Å². The smallest absolute Gasteiger partial charge is 0.144 e. The maximum absolute atomic E-state index is 9.34. The summed E-state index contributed by atoms with van der Waals surface area (Å²) < 4.78 is 5.82. The zero-order chi connectivity index (χ0) is 15.3. The van der Waals surface area contributed by atoms with Crippen molar-refractivity contribution in [3.8, 4) is 0 Å². The van der Waals surface area contributed by atoms with Crippen molar-refractivity contribution >= 4 is 5.82 Å². The van der Waals surface area contributed by atoms with Crippen LogP contribution in [-0.2, 0) is 11.3 Å². The van der Waals surface area contributed by atoms with Gasteiger partial charge in [-0.25, -0.2) is 4.98 Å². The Balaban J connectivity index is 1.94. The number of nitrogens with one attached hydrogen (secondary N) is 1. The number of nitrogens with zero attached hydrogens (tertiary/aromatic N) is 3. The molecule has 6 heteroatoms. The molecule has 1 saturated heterocycles. The van der Waals surface area contributed by atoms with Gasteiger partial charge in [-0.15, -0.1) is 0 Å². The molecule has 1 aliphatic rings. The maximum Gasteiger partial charge on any atom is 0.144 e. The number of aliphatic hydroxyl groups is 1. The third-order valence-corrected chi connectivity index (χ3v) is 3.40. The minimum absolute atomic E-state index is 0.0471. The first-order valence-corrected chi connectivity index (χ1v) is 7.58. The molecule has 0 bridgehead atoms. The second-order valence-corrected chi connectivity index (χ2v) is 6.17. The molecule has 118 valence electrons. The zero-order valence-corrected chi connectivity index (χ0v) is 13.2. The van der Waals surface area contributed by atoms with E-state index in [1.54, 1.807) is 6.20 Å². The topological polar surface area (TPSA) is 70.5 Å². The number of aromatic nitrogens is 2. The van der Waals surface area contributed by atoms with Crippen LogP contribution in [0.4, 0.5) is 5.82 Å². The van der Waals surface area contributed by atoms with Crippen LogP contribution in [-0.4, -0.2) is 57.9 Å². The molecule has 1 aliphatic heterocycles. The van der Waals surface area contributed by atoms with Crippen LogP contribution in [0.2, 0.25) is 0 Å². The first-order valence-electron chi connectivity index (χ1n) is 7.58. The number of ether oxygens (including phenoxy) is 1. The second-order valence-electron chi connectivity index (χ2n) is 6.17. The Bertz CT molecular complexity index is 436. The molecular weight excluding hydrogens is 268 g/mol. The van der Waals surface area contributed by atoms with E-state index < -0.39 is 0 Å². The summed E-state index contributed by atoms with van der Waals surface area (Å²) in [5.74, 6) is 0.816. The van der Waals surface area contributed by atoms with E-state index in [1.165, 1.54) is 0 Å². The van der Waals surface area contributed by atoms with E-state index in [2.05, 4.69) is 27.1 Å². The Kier molecular flexibility index (Phi) is 5.50. The number of aliphatic hydroxyl groups excluding tert-OH is 1. The van der Waals surface area contributed by atoms with Crippen molar-refractivity contribution in [1.29, 1.82) is 0 Å².